The number of likely N-dealkylation sites (tertiary alicyclic amines) is 1. The predicted molar refractivity (Wildman–Crippen MR) is 155 cm³/mol. The Morgan fingerprint density at radius 1 is 1.02 bits per heavy atom. The second kappa shape index (κ2) is 10.5. The van der Waals surface area contributed by atoms with E-state index in [9.17, 15) is 24.8 Å². The largest absolute Gasteiger partial charge is 0.392 e. The van der Waals surface area contributed by atoms with Gasteiger partial charge in [0.25, 0.3) is 5.69 Å². The maximum atomic E-state index is 14.4. The molecule has 8 nitrogen and oxygen atoms in total. The van der Waals surface area contributed by atoms with E-state index in [1.165, 1.54) is 31.4 Å². The topological polar surface area (TPSA) is 113 Å². The Bertz CT molecular complexity index is 1290. The molecule has 1 saturated heterocycles. The summed E-state index contributed by atoms with van der Waals surface area (Å²) in [6.45, 7) is 5.07. The van der Waals surface area contributed by atoms with Crippen LogP contribution in [0.25, 0.3) is 0 Å². The molecule has 5 aliphatic rings. The lowest BCUT2D eigenvalue weighted by Gasteiger charge is -2.58. The van der Waals surface area contributed by atoms with Crippen LogP contribution in [0.5, 0.6) is 0 Å². The molecule has 2 amide bonds. The van der Waals surface area contributed by atoms with Gasteiger partial charge in [-0.3, -0.25) is 19.7 Å². The van der Waals surface area contributed by atoms with Crippen molar-refractivity contribution in [2.24, 2.45) is 29.1 Å². The Morgan fingerprint density at radius 2 is 1.61 bits per heavy atom. The summed E-state index contributed by atoms with van der Waals surface area (Å²) in [7, 11) is 0. The van der Waals surface area contributed by atoms with Crippen molar-refractivity contribution in [3.8, 4) is 0 Å². The number of nitrogens with one attached hydrogen (secondary N) is 1. The summed E-state index contributed by atoms with van der Waals surface area (Å²) in [6, 6.07) is 13.2. The molecule has 0 unspecified atom stereocenters. The number of hydrogen-bond acceptors (Lipinski definition) is 5. The monoisotopic (exact) mass is 559 g/mol. The first-order chi connectivity index (χ1) is 19.6. The van der Waals surface area contributed by atoms with Crippen molar-refractivity contribution in [1.29, 1.82) is 0 Å². The molecule has 4 saturated carbocycles. The van der Waals surface area contributed by atoms with Crippen molar-refractivity contribution in [2.75, 3.05) is 13.1 Å². The first-order valence-corrected chi connectivity index (χ1v) is 15.1. The number of carbonyl (C=O) groups excluding carboxylic acids is 2. The van der Waals surface area contributed by atoms with Gasteiger partial charge < -0.3 is 15.3 Å². The Morgan fingerprint density at radius 3 is 2.12 bits per heavy atom. The van der Waals surface area contributed by atoms with E-state index in [0.29, 0.717) is 18.7 Å². The summed E-state index contributed by atoms with van der Waals surface area (Å²) in [6.07, 6.45) is 7.36. The number of rotatable bonds is 9. The number of non-ortho nitro benzene ring substituents is 1. The van der Waals surface area contributed by atoms with Gasteiger partial charge in [0.15, 0.2) is 0 Å². The molecule has 0 radical (unpaired) electrons. The standard InChI is InChI=1S/C33H41N3O5/c1-21(2)18-34-31(39)33(27-7-9-28(10-8-27)36(40)41)17-29(38)35(30(33)26-5-3-22(19-37)4-6-26)20-32-14-23-11-24(15-32)13-25(12-23)16-32/h3-10,21,23-25,30,37H,11-20H2,1-2H3,(H,34,39)/t23?,24?,25?,30-,32?,33-/m1/s1. The third-order valence-corrected chi connectivity index (χ3v) is 10.3. The molecule has 8 heteroatoms. The van der Waals surface area contributed by atoms with Gasteiger partial charge in [0.05, 0.1) is 17.6 Å². The van der Waals surface area contributed by atoms with E-state index in [1.54, 1.807) is 12.1 Å². The van der Waals surface area contributed by atoms with Gasteiger partial charge in [0.2, 0.25) is 11.8 Å². The Balaban J connectivity index is 1.47. The fraction of sp³-hybridized carbons (Fsp3) is 0.576. The van der Waals surface area contributed by atoms with Crippen LogP contribution in [0, 0.1) is 39.2 Å². The molecule has 0 aromatic heterocycles. The SMILES string of the molecule is CC(C)CNC(=O)[C@@]1(c2ccc([N+](=O)[O-])cc2)CC(=O)N(CC23CC4CC(CC(C4)C2)C3)[C@@H]1c1ccc(CO)cc1. The average Bonchev–Trinajstić information content (AvgIpc) is 3.23. The molecule has 2 atom stereocenters. The number of aliphatic hydroxyl groups excluding tert-OH is 1. The number of aliphatic hydroxyl groups is 1. The van der Waals surface area contributed by atoms with E-state index in [2.05, 4.69) is 5.32 Å². The van der Waals surface area contributed by atoms with Crippen molar-refractivity contribution < 1.29 is 19.6 Å². The summed E-state index contributed by atoms with van der Waals surface area (Å²) in [4.78, 5) is 41.6. The van der Waals surface area contributed by atoms with Crippen LogP contribution in [0.1, 0.15) is 81.5 Å². The number of amides is 2. The quantitative estimate of drug-likeness (QED) is 0.320. The summed E-state index contributed by atoms with van der Waals surface area (Å²) < 4.78 is 0. The van der Waals surface area contributed by atoms with Crippen molar-refractivity contribution >= 4 is 17.5 Å². The molecule has 4 bridgehead atoms. The zero-order valence-corrected chi connectivity index (χ0v) is 24.1. The maximum absolute atomic E-state index is 14.4. The Hall–Kier alpha value is -3.26. The fourth-order valence-corrected chi connectivity index (χ4v) is 9.07. The average molecular weight is 560 g/mol. The molecule has 5 fully saturated rings. The second-order valence-electron chi connectivity index (χ2n) is 13.8. The Labute approximate surface area is 241 Å². The first kappa shape index (κ1) is 27.9. The van der Waals surface area contributed by atoms with Gasteiger partial charge in [-0.1, -0.05) is 50.2 Å². The van der Waals surface area contributed by atoms with Crippen LogP contribution in [-0.4, -0.2) is 39.8 Å². The highest BCUT2D eigenvalue weighted by molar-refractivity contribution is 5.98. The van der Waals surface area contributed by atoms with E-state index in [1.807, 2.05) is 43.0 Å². The predicted octanol–water partition coefficient (Wildman–Crippen LogP) is 5.29. The highest BCUT2D eigenvalue weighted by Crippen LogP contribution is 2.62. The molecule has 0 spiro atoms. The Kier molecular flexibility index (Phi) is 7.17. The van der Waals surface area contributed by atoms with Crippen LogP contribution in [0.3, 0.4) is 0 Å². The van der Waals surface area contributed by atoms with Gasteiger partial charge in [-0.05, 0) is 84.3 Å². The van der Waals surface area contributed by atoms with Gasteiger partial charge in [0.1, 0.15) is 5.41 Å². The van der Waals surface area contributed by atoms with Gasteiger partial charge in [-0.15, -0.1) is 0 Å². The minimum absolute atomic E-state index is 0.00746. The van der Waals surface area contributed by atoms with Crippen molar-refractivity contribution in [2.45, 2.75) is 76.9 Å². The molecule has 4 aliphatic carbocycles. The molecule has 2 aromatic carbocycles. The van der Waals surface area contributed by atoms with Crippen LogP contribution in [0.2, 0.25) is 0 Å². The zero-order valence-electron chi connectivity index (χ0n) is 24.1. The number of nitro benzene ring substituents is 1. The van der Waals surface area contributed by atoms with Crippen LogP contribution >= 0.6 is 0 Å². The normalized spacial score (nSPS) is 32.1. The zero-order chi connectivity index (χ0) is 28.9. The summed E-state index contributed by atoms with van der Waals surface area (Å²) in [5.41, 5.74) is 0.997. The molecule has 2 aromatic rings. The van der Waals surface area contributed by atoms with Crippen LogP contribution in [0.4, 0.5) is 5.69 Å². The lowest BCUT2D eigenvalue weighted by Crippen LogP contribution is -2.53. The summed E-state index contributed by atoms with van der Waals surface area (Å²) in [5, 5.41) is 24.3. The molecular weight excluding hydrogens is 518 g/mol. The van der Waals surface area contributed by atoms with Gasteiger partial charge in [0, 0.05) is 31.6 Å². The van der Waals surface area contributed by atoms with Crippen LogP contribution in [-0.2, 0) is 21.6 Å². The number of hydrogen-bond donors (Lipinski definition) is 2. The molecular formula is C33H41N3O5. The number of carbonyl (C=O) groups is 2. The van der Waals surface area contributed by atoms with Crippen molar-refractivity contribution in [3.63, 3.8) is 0 Å². The minimum Gasteiger partial charge on any atom is -0.392 e. The molecule has 7 rings (SSSR count). The van der Waals surface area contributed by atoms with Gasteiger partial charge in [-0.25, -0.2) is 0 Å². The molecule has 218 valence electrons. The highest BCUT2D eigenvalue weighted by Gasteiger charge is 2.60. The van der Waals surface area contributed by atoms with E-state index >= 15 is 0 Å². The summed E-state index contributed by atoms with van der Waals surface area (Å²) in [5.74, 6) is 2.14. The smallest absolute Gasteiger partial charge is 0.269 e. The minimum atomic E-state index is -1.25. The van der Waals surface area contributed by atoms with E-state index in [4.69, 9.17) is 0 Å². The summed E-state index contributed by atoms with van der Waals surface area (Å²) >= 11 is 0. The molecule has 41 heavy (non-hydrogen) atoms. The highest BCUT2D eigenvalue weighted by atomic mass is 16.6. The first-order valence-electron chi connectivity index (χ1n) is 15.1. The second-order valence-corrected chi connectivity index (χ2v) is 13.8. The van der Waals surface area contributed by atoms with Gasteiger partial charge >= 0.3 is 0 Å². The number of benzene rings is 2. The van der Waals surface area contributed by atoms with Crippen LogP contribution in [0.15, 0.2) is 48.5 Å². The van der Waals surface area contributed by atoms with E-state index < -0.39 is 16.4 Å². The van der Waals surface area contributed by atoms with E-state index in [-0.39, 0.29) is 41.9 Å². The van der Waals surface area contributed by atoms with Gasteiger partial charge in [-0.2, -0.15) is 0 Å². The molecule has 1 aliphatic heterocycles. The van der Waals surface area contributed by atoms with E-state index in [0.717, 1.165) is 48.1 Å². The van der Waals surface area contributed by atoms with Crippen molar-refractivity contribution in [1.82, 2.24) is 10.2 Å². The lowest BCUT2D eigenvalue weighted by atomic mass is 9.49. The third-order valence-electron chi connectivity index (χ3n) is 10.3. The fourth-order valence-electron chi connectivity index (χ4n) is 9.07. The third kappa shape index (κ3) is 4.94. The number of nitro groups is 1. The molecule has 1 heterocycles. The maximum Gasteiger partial charge on any atom is 0.269 e. The van der Waals surface area contributed by atoms with Crippen LogP contribution < -0.4 is 5.32 Å². The van der Waals surface area contributed by atoms with Crippen molar-refractivity contribution in [3.05, 3.63) is 75.3 Å². The lowest BCUT2D eigenvalue weighted by molar-refractivity contribution is -0.384. The molecule has 2 N–H and O–H groups in total. The number of nitrogens with zero attached hydrogens (tertiary/aromatic N) is 2.